The molecule has 1 aromatic rings. The van der Waals surface area contributed by atoms with E-state index in [-0.39, 0.29) is 56.3 Å². The van der Waals surface area contributed by atoms with Crippen LogP contribution in [0.5, 0.6) is 5.75 Å². The van der Waals surface area contributed by atoms with E-state index in [1.807, 2.05) is 0 Å². The Hall–Kier alpha value is -2.78. The molecule has 2 N–H and O–H groups in total. The van der Waals surface area contributed by atoms with Crippen molar-refractivity contribution in [3.63, 3.8) is 0 Å². The second-order valence-electron chi connectivity index (χ2n) is 5.79. The number of fused-ring (bicyclic) bond motifs is 1. The number of nitrogens with zero attached hydrogens (tertiary/aromatic N) is 1. The van der Waals surface area contributed by atoms with E-state index in [1.54, 1.807) is 6.07 Å². The number of nitrogens with one attached hydrogen (secondary N) is 1. The van der Waals surface area contributed by atoms with Gasteiger partial charge in [-0.1, -0.05) is 0 Å². The molecule has 0 aliphatic carbocycles. The predicted molar refractivity (Wildman–Crippen MR) is 93.5 cm³/mol. The number of aliphatic hydroxyl groups is 1. The predicted octanol–water partition coefficient (Wildman–Crippen LogP) is -0.236. The van der Waals surface area contributed by atoms with Crippen molar-refractivity contribution in [2.75, 3.05) is 33.5 Å². The van der Waals surface area contributed by atoms with Gasteiger partial charge in [-0.15, -0.1) is 0 Å². The summed E-state index contributed by atoms with van der Waals surface area (Å²) in [5.74, 6) is -1.05. The first kappa shape index (κ1) is 20.5. The van der Waals surface area contributed by atoms with Crippen LogP contribution in [0.1, 0.15) is 33.6 Å². The number of benzene rings is 1. The van der Waals surface area contributed by atoms with Crippen molar-refractivity contribution in [2.24, 2.45) is 0 Å². The molecular weight excluding hydrogens is 356 g/mol. The SMILES string of the molecule is CNC(=O)CCC(C=O)N1C(=O)c2ccc(OCCOCCO)cc2C1=O. The number of carbonyl (C=O) groups excluding carboxylic acids is 4. The molecule has 9 nitrogen and oxygen atoms in total. The lowest BCUT2D eigenvalue weighted by Gasteiger charge is -2.20. The number of imide groups is 1. The summed E-state index contributed by atoms with van der Waals surface area (Å²) < 4.78 is 10.5. The monoisotopic (exact) mass is 378 g/mol. The average molecular weight is 378 g/mol. The highest BCUT2D eigenvalue weighted by Gasteiger charge is 2.40. The summed E-state index contributed by atoms with van der Waals surface area (Å²) in [4.78, 5) is 48.8. The number of hydrogen-bond acceptors (Lipinski definition) is 7. The molecule has 3 amide bonds. The Bertz CT molecular complexity index is 720. The standard InChI is InChI=1S/C18H22N2O7/c1-19-16(23)5-2-12(11-22)20-17(24)14-4-3-13(10-15(14)18(20)25)27-9-8-26-7-6-21/h3-4,10-12,21H,2,5-9H2,1H3,(H,19,23). The molecule has 27 heavy (non-hydrogen) atoms. The van der Waals surface area contributed by atoms with E-state index in [9.17, 15) is 19.2 Å². The average Bonchev–Trinajstić information content (AvgIpc) is 2.93. The lowest BCUT2D eigenvalue weighted by Crippen LogP contribution is -2.41. The Morgan fingerprint density at radius 3 is 2.63 bits per heavy atom. The first-order chi connectivity index (χ1) is 13.0. The van der Waals surface area contributed by atoms with Crippen LogP contribution >= 0.6 is 0 Å². The van der Waals surface area contributed by atoms with Gasteiger partial charge in [-0.2, -0.15) is 0 Å². The van der Waals surface area contributed by atoms with Gasteiger partial charge in [-0.05, 0) is 24.6 Å². The van der Waals surface area contributed by atoms with Gasteiger partial charge in [0, 0.05) is 13.5 Å². The van der Waals surface area contributed by atoms with Crippen molar-refractivity contribution in [1.29, 1.82) is 0 Å². The molecule has 2 rings (SSSR count). The van der Waals surface area contributed by atoms with Crippen LogP contribution in [0, 0.1) is 0 Å². The Balaban J connectivity index is 2.07. The maximum absolute atomic E-state index is 12.6. The first-order valence-corrected chi connectivity index (χ1v) is 8.52. The van der Waals surface area contributed by atoms with Crippen LogP contribution in [0.3, 0.4) is 0 Å². The highest BCUT2D eigenvalue weighted by atomic mass is 16.5. The maximum atomic E-state index is 12.6. The fourth-order valence-electron chi connectivity index (χ4n) is 2.68. The topological polar surface area (TPSA) is 122 Å². The molecule has 146 valence electrons. The third-order valence-corrected chi connectivity index (χ3v) is 4.06. The van der Waals surface area contributed by atoms with Gasteiger partial charge in [0.1, 0.15) is 18.6 Å². The third kappa shape index (κ3) is 4.89. The van der Waals surface area contributed by atoms with Crippen molar-refractivity contribution in [3.8, 4) is 5.75 Å². The molecule has 0 fully saturated rings. The van der Waals surface area contributed by atoms with E-state index in [4.69, 9.17) is 14.6 Å². The van der Waals surface area contributed by atoms with Gasteiger partial charge < -0.3 is 24.7 Å². The lowest BCUT2D eigenvalue weighted by molar-refractivity contribution is -0.121. The molecule has 0 spiro atoms. The number of amides is 3. The van der Waals surface area contributed by atoms with E-state index >= 15 is 0 Å². The number of aliphatic hydroxyl groups excluding tert-OH is 1. The van der Waals surface area contributed by atoms with Crippen LogP contribution in [0.4, 0.5) is 0 Å². The van der Waals surface area contributed by atoms with E-state index in [0.29, 0.717) is 12.0 Å². The Morgan fingerprint density at radius 2 is 1.96 bits per heavy atom. The molecule has 1 aliphatic rings. The van der Waals surface area contributed by atoms with Crippen LogP contribution in [0.15, 0.2) is 18.2 Å². The molecule has 1 aliphatic heterocycles. The largest absolute Gasteiger partial charge is 0.491 e. The quantitative estimate of drug-likeness (QED) is 0.310. The fraction of sp³-hybridized carbons (Fsp3) is 0.444. The summed E-state index contributed by atoms with van der Waals surface area (Å²) in [6.07, 6.45) is 0.580. The minimum atomic E-state index is -1.01. The van der Waals surface area contributed by atoms with Gasteiger partial charge in [0.25, 0.3) is 11.8 Å². The summed E-state index contributed by atoms with van der Waals surface area (Å²) in [5.41, 5.74) is 0.344. The minimum absolute atomic E-state index is 0.0233. The molecular formula is C18H22N2O7. The second kappa shape index (κ2) is 9.79. The molecule has 9 heteroatoms. The molecule has 0 saturated carbocycles. The zero-order valence-corrected chi connectivity index (χ0v) is 15.0. The van der Waals surface area contributed by atoms with E-state index in [2.05, 4.69) is 5.32 Å². The van der Waals surface area contributed by atoms with E-state index in [1.165, 1.54) is 19.2 Å². The van der Waals surface area contributed by atoms with Gasteiger partial charge in [0.15, 0.2) is 0 Å². The molecule has 1 aromatic carbocycles. The number of aldehydes is 1. The molecule has 0 radical (unpaired) electrons. The highest BCUT2D eigenvalue weighted by molar-refractivity contribution is 6.22. The lowest BCUT2D eigenvalue weighted by atomic mass is 10.1. The molecule has 0 saturated heterocycles. The van der Waals surface area contributed by atoms with Crippen molar-refractivity contribution < 1.29 is 33.8 Å². The summed E-state index contributed by atoms with van der Waals surface area (Å²) in [7, 11) is 1.47. The van der Waals surface area contributed by atoms with Gasteiger partial charge in [0.05, 0.1) is 37.0 Å². The zero-order chi connectivity index (χ0) is 19.8. The normalized spacial score (nSPS) is 14.1. The van der Waals surface area contributed by atoms with Crippen molar-refractivity contribution in [2.45, 2.75) is 18.9 Å². The van der Waals surface area contributed by atoms with Gasteiger partial charge >= 0.3 is 0 Å². The van der Waals surface area contributed by atoms with Gasteiger partial charge in [-0.3, -0.25) is 19.3 Å². The Kier molecular flexibility index (Phi) is 7.44. The van der Waals surface area contributed by atoms with Crippen LogP contribution < -0.4 is 10.1 Å². The van der Waals surface area contributed by atoms with Crippen molar-refractivity contribution in [3.05, 3.63) is 29.3 Å². The van der Waals surface area contributed by atoms with Crippen LogP contribution in [0.2, 0.25) is 0 Å². The summed E-state index contributed by atoms with van der Waals surface area (Å²) in [6, 6.07) is 3.47. The number of ether oxygens (including phenoxy) is 2. The molecule has 1 unspecified atom stereocenters. The Labute approximate surface area is 156 Å². The minimum Gasteiger partial charge on any atom is -0.491 e. The summed E-state index contributed by atoms with van der Waals surface area (Å²) in [5, 5.41) is 11.1. The second-order valence-corrected chi connectivity index (χ2v) is 5.79. The summed E-state index contributed by atoms with van der Waals surface area (Å²) >= 11 is 0. The van der Waals surface area contributed by atoms with Gasteiger partial charge in [0.2, 0.25) is 5.91 Å². The molecule has 0 bridgehead atoms. The zero-order valence-electron chi connectivity index (χ0n) is 15.0. The van der Waals surface area contributed by atoms with Crippen LogP contribution in [-0.4, -0.2) is 73.5 Å². The van der Waals surface area contributed by atoms with Crippen LogP contribution in [0.25, 0.3) is 0 Å². The van der Waals surface area contributed by atoms with Crippen molar-refractivity contribution >= 4 is 24.0 Å². The Morgan fingerprint density at radius 1 is 1.22 bits per heavy atom. The fourth-order valence-corrected chi connectivity index (χ4v) is 2.68. The first-order valence-electron chi connectivity index (χ1n) is 8.52. The molecule has 1 atom stereocenters. The van der Waals surface area contributed by atoms with Crippen molar-refractivity contribution in [1.82, 2.24) is 10.2 Å². The smallest absolute Gasteiger partial charge is 0.262 e. The van der Waals surface area contributed by atoms with E-state index in [0.717, 1.165) is 4.90 Å². The number of carbonyl (C=O) groups is 4. The highest BCUT2D eigenvalue weighted by Crippen LogP contribution is 2.29. The number of hydrogen-bond donors (Lipinski definition) is 2. The van der Waals surface area contributed by atoms with E-state index < -0.39 is 17.9 Å². The maximum Gasteiger partial charge on any atom is 0.262 e. The third-order valence-electron chi connectivity index (χ3n) is 4.06. The summed E-state index contributed by atoms with van der Waals surface area (Å²) in [6.45, 7) is 0.610. The number of rotatable bonds is 11. The molecule has 0 aromatic heterocycles. The molecule has 1 heterocycles. The van der Waals surface area contributed by atoms with Crippen LogP contribution in [-0.2, 0) is 14.3 Å². The van der Waals surface area contributed by atoms with Gasteiger partial charge in [-0.25, -0.2) is 0 Å².